The molecule has 2 rings (SSSR count). The third-order valence-corrected chi connectivity index (χ3v) is 3.72. The van der Waals surface area contributed by atoms with E-state index in [1.165, 1.54) is 6.20 Å². The monoisotopic (exact) mass is 296 g/mol. The molecule has 1 atom stereocenters. The first kappa shape index (κ1) is 15.2. The first-order chi connectivity index (χ1) is 9.58. The number of piperidine rings is 1. The number of carbonyl (C=O) groups excluding carboxylic acids is 1. The smallest absolute Gasteiger partial charge is 0.271 e. The molecule has 1 aromatic rings. The van der Waals surface area contributed by atoms with E-state index in [2.05, 4.69) is 20.6 Å². The Morgan fingerprint density at radius 3 is 3.05 bits per heavy atom. The van der Waals surface area contributed by atoms with Crippen molar-refractivity contribution >= 4 is 17.5 Å². The summed E-state index contributed by atoms with van der Waals surface area (Å²) < 4.78 is 0. The Labute approximate surface area is 124 Å². The normalized spacial score (nSPS) is 19.1. The molecule has 0 aromatic carbocycles. The average molecular weight is 297 g/mol. The molecule has 1 aromatic heterocycles. The molecule has 0 aliphatic carbocycles. The van der Waals surface area contributed by atoms with Crippen LogP contribution in [0, 0.1) is 5.92 Å². The molecule has 1 saturated heterocycles. The van der Waals surface area contributed by atoms with E-state index in [9.17, 15) is 4.79 Å². The molecule has 1 fully saturated rings. The minimum absolute atomic E-state index is 0.168. The second-order valence-electron chi connectivity index (χ2n) is 5.50. The number of amides is 1. The third-order valence-electron chi connectivity index (χ3n) is 3.44. The fourth-order valence-electron chi connectivity index (χ4n) is 2.24. The van der Waals surface area contributed by atoms with Gasteiger partial charge >= 0.3 is 0 Å². The predicted octanol–water partition coefficient (Wildman–Crippen LogP) is 1.98. The van der Waals surface area contributed by atoms with Crippen LogP contribution in [0.2, 0.25) is 5.02 Å². The highest BCUT2D eigenvalue weighted by molar-refractivity contribution is 6.33. The lowest BCUT2D eigenvalue weighted by atomic mass is 10.00. The minimum atomic E-state index is -0.218. The second-order valence-corrected chi connectivity index (χ2v) is 5.91. The zero-order chi connectivity index (χ0) is 14.5. The summed E-state index contributed by atoms with van der Waals surface area (Å²) in [7, 11) is 0. The Kier molecular flexibility index (Phi) is 5.31. The van der Waals surface area contributed by atoms with Crippen molar-refractivity contribution in [2.45, 2.75) is 32.6 Å². The number of nitrogens with zero attached hydrogens (tertiary/aromatic N) is 2. The van der Waals surface area contributed by atoms with E-state index in [0.29, 0.717) is 23.3 Å². The molecule has 0 bridgehead atoms. The van der Waals surface area contributed by atoms with E-state index in [-0.39, 0.29) is 17.5 Å². The van der Waals surface area contributed by atoms with Crippen LogP contribution in [-0.2, 0) is 0 Å². The van der Waals surface area contributed by atoms with Crippen LogP contribution in [0.4, 0.5) is 0 Å². The molecule has 20 heavy (non-hydrogen) atoms. The van der Waals surface area contributed by atoms with Gasteiger partial charge in [0.2, 0.25) is 0 Å². The quantitative estimate of drug-likeness (QED) is 0.891. The largest absolute Gasteiger partial charge is 0.350 e. The fraction of sp³-hybridized carbons (Fsp3) is 0.643. The van der Waals surface area contributed by atoms with Gasteiger partial charge in [0.25, 0.3) is 5.91 Å². The number of aromatic nitrogens is 2. The standard InChI is InChI=1S/C14H21ClN4O/c1-9(2)13-17-8-11(15)12(19-13)14(20)18-7-10-4-3-5-16-6-10/h8-10,16H,3-7H2,1-2H3,(H,18,20). The second kappa shape index (κ2) is 6.99. The highest BCUT2D eigenvalue weighted by Gasteiger charge is 2.18. The summed E-state index contributed by atoms with van der Waals surface area (Å²) in [6.07, 6.45) is 3.80. The molecule has 0 radical (unpaired) electrons. The van der Waals surface area contributed by atoms with Crippen LogP contribution in [0.5, 0.6) is 0 Å². The van der Waals surface area contributed by atoms with Gasteiger partial charge in [-0.2, -0.15) is 0 Å². The number of carbonyl (C=O) groups is 1. The van der Waals surface area contributed by atoms with Crippen LogP contribution in [0.3, 0.4) is 0 Å². The van der Waals surface area contributed by atoms with Gasteiger partial charge in [-0.25, -0.2) is 9.97 Å². The summed E-state index contributed by atoms with van der Waals surface area (Å²) in [5.41, 5.74) is 0.272. The van der Waals surface area contributed by atoms with Crippen LogP contribution in [0.15, 0.2) is 6.20 Å². The number of hydrogen-bond donors (Lipinski definition) is 2. The van der Waals surface area contributed by atoms with Crippen LogP contribution >= 0.6 is 11.6 Å². The van der Waals surface area contributed by atoms with Crippen molar-refractivity contribution in [2.24, 2.45) is 5.92 Å². The van der Waals surface area contributed by atoms with Crippen molar-refractivity contribution in [1.82, 2.24) is 20.6 Å². The van der Waals surface area contributed by atoms with Gasteiger partial charge in [0, 0.05) is 12.5 Å². The highest BCUT2D eigenvalue weighted by atomic mass is 35.5. The molecular formula is C14H21ClN4O. The molecule has 2 heterocycles. The first-order valence-corrected chi connectivity index (χ1v) is 7.47. The van der Waals surface area contributed by atoms with Crippen molar-refractivity contribution in [3.8, 4) is 0 Å². The van der Waals surface area contributed by atoms with Crippen LogP contribution < -0.4 is 10.6 Å². The van der Waals surface area contributed by atoms with Crippen molar-refractivity contribution in [3.63, 3.8) is 0 Å². The molecule has 6 heteroatoms. The maximum atomic E-state index is 12.2. The van der Waals surface area contributed by atoms with Gasteiger partial charge < -0.3 is 10.6 Å². The maximum absolute atomic E-state index is 12.2. The molecule has 110 valence electrons. The molecular weight excluding hydrogens is 276 g/mol. The Bertz CT molecular complexity index is 472. The summed E-state index contributed by atoms with van der Waals surface area (Å²) in [5.74, 6) is 1.07. The van der Waals surface area contributed by atoms with Gasteiger partial charge in [-0.1, -0.05) is 25.4 Å². The SMILES string of the molecule is CC(C)c1ncc(Cl)c(C(=O)NCC2CCCNC2)n1. The lowest BCUT2D eigenvalue weighted by Gasteiger charge is -2.22. The highest BCUT2D eigenvalue weighted by Crippen LogP contribution is 2.16. The van der Waals surface area contributed by atoms with Gasteiger partial charge in [0.05, 0.1) is 11.2 Å². The molecule has 0 saturated carbocycles. The molecule has 1 aliphatic heterocycles. The Morgan fingerprint density at radius 1 is 1.60 bits per heavy atom. The number of halogens is 1. The third kappa shape index (κ3) is 3.90. The van der Waals surface area contributed by atoms with E-state index in [1.807, 2.05) is 13.8 Å². The van der Waals surface area contributed by atoms with E-state index < -0.39 is 0 Å². The minimum Gasteiger partial charge on any atom is -0.350 e. The van der Waals surface area contributed by atoms with Gasteiger partial charge in [0.1, 0.15) is 11.5 Å². The summed E-state index contributed by atoms with van der Waals surface area (Å²) in [5, 5.41) is 6.55. The van der Waals surface area contributed by atoms with Crippen LogP contribution in [0.1, 0.15) is 48.9 Å². The molecule has 1 unspecified atom stereocenters. The molecule has 1 aliphatic rings. The van der Waals surface area contributed by atoms with Gasteiger partial charge in [-0.3, -0.25) is 4.79 Å². The fourth-order valence-corrected chi connectivity index (χ4v) is 2.41. The summed E-state index contributed by atoms with van der Waals surface area (Å²) >= 11 is 6.02. The zero-order valence-corrected chi connectivity index (χ0v) is 12.7. The van der Waals surface area contributed by atoms with Crippen molar-refractivity contribution in [2.75, 3.05) is 19.6 Å². The molecule has 1 amide bonds. The zero-order valence-electron chi connectivity index (χ0n) is 11.9. The van der Waals surface area contributed by atoms with Gasteiger partial charge in [-0.05, 0) is 31.8 Å². The Morgan fingerprint density at radius 2 is 2.40 bits per heavy atom. The molecule has 2 N–H and O–H groups in total. The Balaban J connectivity index is 1.99. The number of nitrogens with one attached hydrogen (secondary N) is 2. The summed E-state index contributed by atoms with van der Waals surface area (Å²) in [4.78, 5) is 20.6. The van der Waals surface area contributed by atoms with Gasteiger partial charge in [0.15, 0.2) is 0 Å². The number of rotatable bonds is 4. The summed E-state index contributed by atoms with van der Waals surface area (Å²) in [6, 6.07) is 0. The van der Waals surface area contributed by atoms with E-state index >= 15 is 0 Å². The van der Waals surface area contributed by atoms with E-state index in [4.69, 9.17) is 11.6 Å². The lowest BCUT2D eigenvalue weighted by molar-refractivity contribution is 0.0939. The predicted molar refractivity (Wildman–Crippen MR) is 79.1 cm³/mol. The van der Waals surface area contributed by atoms with Crippen molar-refractivity contribution in [3.05, 3.63) is 22.7 Å². The van der Waals surface area contributed by atoms with Crippen LogP contribution in [0.25, 0.3) is 0 Å². The summed E-state index contributed by atoms with van der Waals surface area (Å²) in [6.45, 7) is 6.65. The van der Waals surface area contributed by atoms with Crippen molar-refractivity contribution < 1.29 is 4.79 Å². The van der Waals surface area contributed by atoms with Crippen LogP contribution in [-0.4, -0.2) is 35.5 Å². The average Bonchev–Trinajstić information content (AvgIpc) is 2.46. The lowest BCUT2D eigenvalue weighted by Crippen LogP contribution is -2.38. The Hall–Kier alpha value is -1.20. The first-order valence-electron chi connectivity index (χ1n) is 7.09. The number of hydrogen-bond acceptors (Lipinski definition) is 4. The van der Waals surface area contributed by atoms with E-state index in [0.717, 1.165) is 25.9 Å². The van der Waals surface area contributed by atoms with Gasteiger partial charge in [-0.15, -0.1) is 0 Å². The molecule has 5 nitrogen and oxygen atoms in total. The maximum Gasteiger partial charge on any atom is 0.271 e. The molecule has 0 spiro atoms. The van der Waals surface area contributed by atoms with E-state index in [1.54, 1.807) is 0 Å². The topological polar surface area (TPSA) is 66.9 Å². The van der Waals surface area contributed by atoms with Crippen molar-refractivity contribution in [1.29, 1.82) is 0 Å².